The van der Waals surface area contributed by atoms with Gasteiger partial charge in [0.05, 0.1) is 11.6 Å². The molecule has 7 heteroatoms. The molecule has 0 radical (unpaired) electrons. The molecule has 2 rings (SSSR count). The fourth-order valence-corrected chi connectivity index (χ4v) is 2.14. The van der Waals surface area contributed by atoms with Gasteiger partial charge in [0.25, 0.3) is 5.91 Å². The zero-order chi connectivity index (χ0) is 17.7. The van der Waals surface area contributed by atoms with Crippen LogP contribution in [0.25, 0.3) is 0 Å². The van der Waals surface area contributed by atoms with Crippen molar-refractivity contribution in [3.63, 3.8) is 0 Å². The highest BCUT2D eigenvalue weighted by Gasteiger charge is 2.16. The SMILES string of the molecule is C[C@H](NC(=O)COC(=O)c1ccc(Cl)cc1)c1ccc(F)cc1F. The number of hydrogen-bond donors (Lipinski definition) is 1. The van der Waals surface area contributed by atoms with Crippen molar-refractivity contribution in [2.45, 2.75) is 13.0 Å². The molecule has 24 heavy (non-hydrogen) atoms. The monoisotopic (exact) mass is 353 g/mol. The molecule has 0 saturated carbocycles. The zero-order valence-corrected chi connectivity index (χ0v) is 13.4. The number of esters is 1. The molecule has 1 atom stereocenters. The second kappa shape index (κ2) is 7.88. The smallest absolute Gasteiger partial charge is 0.338 e. The van der Waals surface area contributed by atoms with E-state index in [2.05, 4.69) is 5.32 Å². The third-order valence-electron chi connectivity index (χ3n) is 3.22. The number of nitrogens with one attached hydrogen (secondary N) is 1. The Bertz CT molecular complexity index is 750. The number of amides is 1. The normalized spacial score (nSPS) is 11.7. The van der Waals surface area contributed by atoms with Gasteiger partial charge in [-0.15, -0.1) is 0 Å². The Hall–Kier alpha value is -2.47. The first-order valence-electron chi connectivity index (χ1n) is 7.04. The second-order valence-corrected chi connectivity index (χ2v) is 5.47. The summed E-state index contributed by atoms with van der Waals surface area (Å²) < 4.78 is 31.4. The Labute approximate surface area is 142 Å². The number of halogens is 3. The molecular weight excluding hydrogens is 340 g/mol. The van der Waals surface area contributed by atoms with Crippen molar-refractivity contribution >= 4 is 23.5 Å². The lowest BCUT2D eigenvalue weighted by Crippen LogP contribution is -2.31. The van der Waals surface area contributed by atoms with Crippen molar-refractivity contribution in [1.82, 2.24) is 5.32 Å². The molecule has 0 aromatic heterocycles. The topological polar surface area (TPSA) is 55.4 Å². The first-order chi connectivity index (χ1) is 11.4. The lowest BCUT2D eigenvalue weighted by Gasteiger charge is -2.15. The minimum absolute atomic E-state index is 0.133. The van der Waals surface area contributed by atoms with Gasteiger partial charge in [0.2, 0.25) is 0 Å². The first-order valence-corrected chi connectivity index (χ1v) is 7.41. The van der Waals surface area contributed by atoms with Crippen LogP contribution in [0.4, 0.5) is 8.78 Å². The van der Waals surface area contributed by atoms with Gasteiger partial charge in [0, 0.05) is 16.7 Å². The standard InChI is InChI=1S/C17H14ClF2NO3/c1-10(14-7-6-13(19)8-15(14)20)21-16(22)9-24-17(23)11-2-4-12(18)5-3-11/h2-8,10H,9H2,1H3,(H,21,22)/t10-/m0/s1. The Balaban J connectivity index is 1.88. The summed E-state index contributed by atoms with van der Waals surface area (Å²) in [6.45, 7) is 1.02. The van der Waals surface area contributed by atoms with E-state index in [9.17, 15) is 18.4 Å². The van der Waals surface area contributed by atoms with Crippen LogP contribution in [-0.2, 0) is 9.53 Å². The molecule has 0 spiro atoms. The van der Waals surface area contributed by atoms with E-state index in [1.807, 2.05) is 0 Å². The van der Waals surface area contributed by atoms with E-state index in [0.717, 1.165) is 12.1 Å². The van der Waals surface area contributed by atoms with Crippen LogP contribution in [0.15, 0.2) is 42.5 Å². The van der Waals surface area contributed by atoms with Crippen molar-refractivity contribution in [2.75, 3.05) is 6.61 Å². The van der Waals surface area contributed by atoms with Gasteiger partial charge in [-0.25, -0.2) is 13.6 Å². The van der Waals surface area contributed by atoms with Gasteiger partial charge in [-0.05, 0) is 37.3 Å². The highest BCUT2D eigenvalue weighted by atomic mass is 35.5. The van der Waals surface area contributed by atoms with Crippen LogP contribution in [0, 0.1) is 11.6 Å². The Kier molecular flexibility index (Phi) is 5.87. The van der Waals surface area contributed by atoms with Gasteiger partial charge in [-0.1, -0.05) is 17.7 Å². The average Bonchev–Trinajstić information content (AvgIpc) is 2.53. The van der Waals surface area contributed by atoms with Crippen LogP contribution in [0.5, 0.6) is 0 Å². The van der Waals surface area contributed by atoms with Crippen molar-refractivity contribution in [2.24, 2.45) is 0 Å². The predicted octanol–water partition coefficient (Wildman–Crippen LogP) is 3.65. The molecule has 1 amide bonds. The lowest BCUT2D eigenvalue weighted by atomic mass is 10.1. The molecule has 0 unspecified atom stereocenters. The van der Waals surface area contributed by atoms with Crippen molar-refractivity contribution in [3.05, 3.63) is 70.2 Å². The van der Waals surface area contributed by atoms with Gasteiger partial charge in [0.1, 0.15) is 11.6 Å². The molecule has 0 bridgehead atoms. The Morgan fingerprint density at radius 3 is 2.46 bits per heavy atom. The number of carbonyl (C=O) groups excluding carboxylic acids is 2. The average molecular weight is 354 g/mol. The van der Waals surface area contributed by atoms with E-state index in [1.54, 1.807) is 0 Å². The number of carbonyl (C=O) groups is 2. The van der Waals surface area contributed by atoms with Gasteiger partial charge in [-0.2, -0.15) is 0 Å². The second-order valence-electron chi connectivity index (χ2n) is 5.04. The molecule has 0 aliphatic rings. The minimum Gasteiger partial charge on any atom is -0.452 e. The van der Waals surface area contributed by atoms with Gasteiger partial charge in [0.15, 0.2) is 6.61 Å². The fourth-order valence-electron chi connectivity index (χ4n) is 2.01. The molecule has 0 aliphatic carbocycles. The van der Waals surface area contributed by atoms with E-state index in [1.165, 1.54) is 37.3 Å². The maximum atomic E-state index is 13.6. The summed E-state index contributed by atoms with van der Waals surface area (Å²) in [5, 5.41) is 2.94. The predicted molar refractivity (Wildman–Crippen MR) is 84.7 cm³/mol. The molecular formula is C17H14ClF2NO3. The van der Waals surface area contributed by atoms with Crippen LogP contribution in [0.3, 0.4) is 0 Å². The van der Waals surface area contributed by atoms with Crippen molar-refractivity contribution < 1.29 is 23.1 Å². The summed E-state index contributed by atoms with van der Waals surface area (Å²) in [6, 6.07) is 8.37. The van der Waals surface area contributed by atoms with Crippen LogP contribution in [0.2, 0.25) is 5.02 Å². The van der Waals surface area contributed by atoms with Crippen molar-refractivity contribution in [1.29, 1.82) is 0 Å². The summed E-state index contributed by atoms with van der Waals surface area (Å²) in [7, 11) is 0. The van der Waals surface area contributed by atoms with Crippen LogP contribution >= 0.6 is 11.6 Å². The molecule has 2 aromatic carbocycles. The first kappa shape index (κ1) is 17.9. The third kappa shape index (κ3) is 4.76. The van der Waals surface area contributed by atoms with Crippen LogP contribution in [0.1, 0.15) is 28.9 Å². The summed E-state index contributed by atoms with van der Waals surface area (Å²) >= 11 is 5.71. The molecule has 4 nitrogen and oxygen atoms in total. The van der Waals surface area contributed by atoms with Crippen LogP contribution < -0.4 is 5.32 Å². The van der Waals surface area contributed by atoms with Gasteiger partial charge >= 0.3 is 5.97 Å². The molecule has 0 saturated heterocycles. The number of rotatable bonds is 5. The van der Waals surface area contributed by atoms with E-state index in [0.29, 0.717) is 5.02 Å². The molecule has 1 N–H and O–H groups in total. The summed E-state index contributed by atoms with van der Waals surface area (Å²) in [5.74, 6) is -2.75. The zero-order valence-electron chi connectivity index (χ0n) is 12.7. The van der Waals surface area contributed by atoms with Crippen LogP contribution in [-0.4, -0.2) is 18.5 Å². The third-order valence-corrected chi connectivity index (χ3v) is 3.47. The lowest BCUT2D eigenvalue weighted by molar-refractivity contribution is -0.124. The quantitative estimate of drug-likeness (QED) is 0.835. The van der Waals surface area contributed by atoms with Crippen molar-refractivity contribution in [3.8, 4) is 0 Å². The fraction of sp³-hybridized carbons (Fsp3) is 0.176. The highest BCUT2D eigenvalue weighted by Crippen LogP contribution is 2.17. The van der Waals surface area contributed by atoms with E-state index in [-0.39, 0.29) is 11.1 Å². The van der Waals surface area contributed by atoms with E-state index in [4.69, 9.17) is 16.3 Å². The Morgan fingerprint density at radius 2 is 1.83 bits per heavy atom. The molecule has 2 aromatic rings. The number of benzene rings is 2. The highest BCUT2D eigenvalue weighted by molar-refractivity contribution is 6.30. The van der Waals surface area contributed by atoms with Gasteiger partial charge < -0.3 is 10.1 Å². The van der Waals surface area contributed by atoms with E-state index >= 15 is 0 Å². The molecule has 0 heterocycles. The molecule has 126 valence electrons. The van der Waals surface area contributed by atoms with Gasteiger partial charge in [-0.3, -0.25) is 4.79 Å². The number of hydrogen-bond acceptors (Lipinski definition) is 3. The largest absolute Gasteiger partial charge is 0.452 e. The number of ether oxygens (including phenoxy) is 1. The maximum Gasteiger partial charge on any atom is 0.338 e. The molecule has 0 fully saturated rings. The van der Waals surface area contributed by atoms with E-state index < -0.39 is 36.2 Å². The summed E-state index contributed by atoms with van der Waals surface area (Å²) in [4.78, 5) is 23.5. The summed E-state index contributed by atoms with van der Waals surface area (Å²) in [5.41, 5.74) is 0.388. The minimum atomic E-state index is -0.763. The molecule has 0 aliphatic heterocycles. The maximum absolute atomic E-state index is 13.6. The Morgan fingerprint density at radius 1 is 1.17 bits per heavy atom. The summed E-state index contributed by atoms with van der Waals surface area (Å²) in [6.07, 6.45) is 0.